The third-order valence-corrected chi connectivity index (χ3v) is 8.33. The number of hydrogen-bond donors (Lipinski definition) is 1. The van der Waals surface area contributed by atoms with E-state index < -0.39 is 0 Å². The van der Waals surface area contributed by atoms with Gasteiger partial charge < -0.3 is 19.4 Å². The van der Waals surface area contributed by atoms with Gasteiger partial charge in [-0.1, -0.05) is 25.1 Å². The monoisotopic (exact) mass is 479 g/mol. The Morgan fingerprint density at radius 1 is 1.12 bits per heavy atom. The number of aryl methyl sites for hydroxylation is 1. The highest BCUT2D eigenvalue weighted by molar-refractivity contribution is 7.16. The van der Waals surface area contributed by atoms with Crippen LogP contribution in [0.1, 0.15) is 57.9 Å². The fourth-order valence-corrected chi connectivity index (χ4v) is 6.63. The third-order valence-electron chi connectivity index (χ3n) is 7.11. The van der Waals surface area contributed by atoms with Crippen LogP contribution < -0.4 is 10.1 Å². The molecule has 7 heteroatoms. The van der Waals surface area contributed by atoms with Crippen LogP contribution in [0.15, 0.2) is 47.1 Å². The van der Waals surface area contributed by atoms with Crippen molar-refractivity contribution in [2.45, 2.75) is 38.6 Å². The molecule has 1 saturated heterocycles. The summed E-state index contributed by atoms with van der Waals surface area (Å²) in [6, 6.07) is 11.8. The summed E-state index contributed by atoms with van der Waals surface area (Å²) in [5, 5.41) is 4.17. The topological polar surface area (TPSA) is 58.0 Å². The number of likely N-dealkylation sites (N-methyl/N-ethyl adjacent to an activating group) is 1. The Morgan fingerprint density at radius 2 is 1.91 bits per heavy atom. The van der Waals surface area contributed by atoms with E-state index in [1.165, 1.54) is 28.8 Å². The molecule has 2 aliphatic rings. The largest absolute Gasteiger partial charge is 0.496 e. The van der Waals surface area contributed by atoms with E-state index in [4.69, 9.17) is 9.15 Å². The summed E-state index contributed by atoms with van der Waals surface area (Å²) < 4.78 is 11.2. The fourth-order valence-electron chi connectivity index (χ4n) is 5.31. The lowest BCUT2D eigenvalue weighted by molar-refractivity contribution is 0.0995. The number of ether oxygens (including phenoxy) is 1. The third kappa shape index (κ3) is 4.52. The molecular formula is C27H33N3O3S. The summed E-state index contributed by atoms with van der Waals surface area (Å²) in [5.74, 6) is 1.03. The standard InChI is InChI=1S/C27H33N3O3S/c1-3-29-14-16-30(17-15-29)25(19-9-4-6-11-21(19)32-2)24-20-10-5-7-13-23(20)34-27(24)28-26(31)22-12-8-18-33-22/h4,6,8-9,11-12,18,25H,3,5,7,10,13-17H2,1-2H3,(H,28,31)/t25-/m0/s1. The Morgan fingerprint density at radius 3 is 2.65 bits per heavy atom. The second-order valence-electron chi connectivity index (χ2n) is 9.00. The van der Waals surface area contributed by atoms with Gasteiger partial charge in [-0.15, -0.1) is 11.3 Å². The highest BCUT2D eigenvalue weighted by Crippen LogP contribution is 2.47. The Balaban J connectivity index is 1.61. The number of carbonyl (C=O) groups is 1. The van der Waals surface area contributed by atoms with Crippen molar-refractivity contribution in [3.8, 4) is 5.75 Å². The van der Waals surface area contributed by atoms with Gasteiger partial charge in [-0.05, 0) is 56.0 Å². The lowest BCUT2D eigenvalue weighted by atomic mass is 9.88. The van der Waals surface area contributed by atoms with Crippen LogP contribution in [0.4, 0.5) is 5.00 Å². The zero-order valence-electron chi connectivity index (χ0n) is 20.0. The van der Waals surface area contributed by atoms with E-state index in [-0.39, 0.29) is 11.9 Å². The predicted molar refractivity (Wildman–Crippen MR) is 136 cm³/mol. The number of piperazine rings is 1. The maximum absolute atomic E-state index is 13.0. The van der Waals surface area contributed by atoms with E-state index in [1.807, 2.05) is 12.1 Å². The zero-order chi connectivity index (χ0) is 23.5. The summed E-state index contributed by atoms with van der Waals surface area (Å²) in [5.41, 5.74) is 3.82. The number of thiophene rings is 1. The SMILES string of the molecule is CCN1CCN([C@@H](c2ccccc2OC)c2c(NC(=O)c3ccco3)sc3c2CCCC3)CC1. The molecule has 1 atom stereocenters. The van der Waals surface area contributed by atoms with Crippen molar-refractivity contribution >= 4 is 22.2 Å². The minimum absolute atomic E-state index is 0.0279. The first kappa shape index (κ1) is 23.1. The second kappa shape index (κ2) is 10.3. The van der Waals surface area contributed by atoms with Gasteiger partial charge in [0.1, 0.15) is 10.8 Å². The number of amides is 1. The lowest BCUT2D eigenvalue weighted by Crippen LogP contribution is -2.47. The second-order valence-corrected chi connectivity index (χ2v) is 10.1. The number of rotatable bonds is 7. The van der Waals surface area contributed by atoms with E-state index >= 15 is 0 Å². The molecule has 0 radical (unpaired) electrons. The van der Waals surface area contributed by atoms with Crippen LogP contribution in [0.2, 0.25) is 0 Å². The van der Waals surface area contributed by atoms with Crippen LogP contribution in [0, 0.1) is 0 Å². The van der Waals surface area contributed by atoms with Crippen molar-refractivity contribution in [3.05, 3.63) is 70.0 Å². The van der Waals surface area contributed by atoms with Crippen molar-refractivity contribution in [2.24, 2.45) is 0 Å². The zero-order valence-corrected chi connectivity index (χ0v) is 20.8. The highest BCUT2D eigenvalue weighted by atomic mass is 32.1. The molecule has 1 N–H and O–H groups in total. The van der Waals surface area contributed by atoms with Crippen molar-refractivity contribution in [2.75, 3.05) is 45.2 Å². The van der Waals surface area contributed by atoms with Gasteiger partial charge in [0.25, 0.3) is 5.91 Å². The molecule has 5 rings (SSSR count). The highest BCUT2D eigenvalue weighted by Gasteiger charge is 2.35. The van der Waals surface area contributed by atoms with Gasteiger partial charge in [0, 0.05) is 42.2 Å². The molecule has 0 spiro atoms. The molecule has 2 aromatic heterocycles. The summed E-state index contributed by atoms with van der Waals surface area (Å²) in [7, 11) is 1.74. The van der Waals surface area contributed by atoms with Gasteiger partial charge >= 0.3 is 0 Å². The van der Waals surface area contributed by atoms with Crippen LogP contribution in [0.5, 0.6) is 5.75 Å². The number of benzene rings is 1. The van der Waals surface area contributed by atoms with E-state index in [1.54, 1.807) is 36.8 Å². The van der Waals surface area contributed by atoms with Crippen LogP contribution >= 0.6 is 11.3 Å². The fraction of sp³-hybridized carbons (Fsp3) is 0.444. The van der Waals surface area contributed by atoms with Gasteiger partial charge in [0.05, 0.1) is 19.4 Å². The average Bonchev–Trinajstić information content (AvgIpc) is 3.54. The van der Waals surface area contributed by atoms with Gasteiger partial charge in [0.15, 0.2) is 5.76 Å². The smallest absolute Gasteiger partial charge is 0.291 e. The molecule has 3 heterocycles. The molecule has 6 nitrogen and oxygen atoms in total. The van der Waals surface area contributed by atoms with E-state index in [0.29, 0.717) is 5.76 Å². The van der Waals surface area contributed by atoms with Crippen LogP contribution in [-0.2, 0) is 12.8 Å². The first-order valence-corrected chi connectivity index (χ1v) is 13.1. The van der Waals surface area contributed by atoms with Crippen LogP contribution in [0.25, 0.3) is 0 Å². The molecule has 34 heavy (non-hydrogen) atoms. The normalized spacial score (nSPS) is 17.8. The van der Waals surface area contributed by atoms with Gasteiger partial charge in [0.2, 0.25) is 0 Å². The van der Waals surface area contributed by atoms with Crippen LogP contribution in [0.3, 0.4) is 0 Å². The van der Waals surface area contributed by atoms with Gasteiger partial charge in [-0.25, -0.2) is 0 Å². The quantitative estimate of drug-likeness (QED) is 0.504. The molecule has 0 unspecified atom stereocenters. The summed E-state index contributed by atoms with van der Waals surface area (Å²) >= 11 is 1.74. The van der Waals surface area contributed by atoms with Crippen molar-refractivity contribution in [3.63, 3.8) is 0 Å². The first-order valence-electron chi connectivity index (χ1n) is 12.3. The minimum Gasteiger partial charge on any atom is -0.496 e. The van der Waals surface area contributed by atoms with Gasteiger partial charge in [-0.2, -0.15) is 0 Å². The lowest BCUT2D eigenvalue weighted by Gasteiger charge is -2.40. The molecule has 1 fully saturated rings. The number of anilines is 1. The predicted octanol–water partition coefficient (Wildman–Crippen LogP) is 5.21. The first-order chi connectivity index (χ1) is 16.7. The minimum atomic E-state index is -0.195. The Kier molecular flexibility index (Phi) is 7.04. The number of nitrogens with zero attached hydrogens (tertiary/aromatic N) is 2. The molecule has 180 valence electrons. The number of methoxy groups -OCH3 is 1. The Labute approximate surface area is 205 Å². The van der Waals surface area contributed by atoms with Crippen LogP contribution in [-0.4, -0.2) is 55.5 Å². The number of para-hydroxylation sites is 1. The Bertz CT molecular complexity index is 1120. The summed E-state index contributed by atoms with van der Waals surface area (Å²) in [6.45, 7) is 7.35. The molecule has 1 amide bonds. The molecule has 0 saturated carbocycles. The van der Waals surface area contributed by atoms with E-state index in [0.717, 1.165) is 61.9 Å². The molecule has 3 aromatic rings. The summed E-state index contributed by atoms with van der Waals surface area (Å²) in [4.78, 5) is 19.5. The number of furan rings is 1. The molecule has 0 bridgehead atoms. The van der Waals surface area contributed by atoms with E-state index in [2.05, 4.69) is 34.2 Å². The molecule has 1 aromatic carbocycles. The molecule has 1 aliphatic heterocycles. The molecule has 1 aliphatic carbocycles. The maximum Gasteiger partial charge on any atom is 0.291 e. The maximum atomic E-state index is 13.0. The van der Waals surface area contributed by atoms with E-state index in [9.17, 15) is 4.79 Å². The number of nitrogens with one attached hydrogen (secondary N) is 1. The van der Waals surface area contributed by atoms with Crippen molar-refractivity contribution < 1.29 is 13.9 Å². The number of carbonyl (C=O) groups excluding carboxylic acids is 1. The van der Waals surface area contributed by atoms with Crippen molar-refractivity contribution in [1.82, 2.24) is 9.80 Å². The Hall–Kier alpha value is -2.61. The van der Waals surface area contributed by atoms with Gasteiger partial charge in [-0.3, -0.25) is 9.69 Å². The summed E-state index contributed by atoms with van der Waals surface area (Å²) in [6.07, 6.45) is 6.06. The average molecular weight is 480 g/mol. The molecular weight excluding hydrogens is 446 g/mol. The number of hydrogen-bond acceptors (Lipinski definition) is 6. The number of fused-ring (bicyclic) bond motifs is 1. The van der Waals surface area contributed by atoms with Crippen molar-refractivity contribution in [1.29, 1.82) is 0 Å².